The number of nitrogens with one attached hydrogen (secondary N) is 2. The molecule has 4 heterocycles. The van der Waals surface area contributed by atoms with Crippen LogP contribution in [-0.4, -0.2) is 36.5 Å². The van der Waals surface area contributed by atoms with Crippen LogP contribution in [0.4, 0.5) is 0 Å². The summed E-state index contributed by atoms with van der Waals surface area (Å²) in [6.07, 6.45) is 8.47. The van der Waals surface area contributed by atoms with Crippen molar-refractivity contribution in [3.8, 4) is 11.6 Å². The van der Waals surface area contributed by atoms with Gasteiger partial charge in [0, 0.05) is 41.9 Å². The topological polar surface area (TPSA) is 114 Å². The summed E-state index contributed by atoms with van der Waals surface area (Å²) in [6, 6.07) is 16.7. The maximum absolute atomic E-state index is 13.1. The molecule has 1 amide bonds. The molecule has 0 unspecified atom stereocenters. The van der Waals surface area contributed by atoms with Gasteiger partial charge in [-0.3, -0.25) is 14.0 Å². The molecular formula is C27H24N6O3. The molecule has 1 aliphatic carbocycles. The molecule has 0 spiro atoms. The van der Waals surface area contributed by atoms with Crippen molar-refractivity contribution < 1.29 is 9.53 Å². The van der Waals surface area contributed by atoms with E-state index in [2.05, 4.69) is 25.5 Å². The number of rotatable bonds is 5. The van der Waals surface area contributed by atoms with E-state index in [0.717, 1.165) is 36.8 Å². The maximum Gasteiger partial charge on any atom is 0.272 e. The Kier molecular flexibility index (Phi) is 5.65. The first-order chi connectivity index (χ1) is 17.7. The van der Waals surface area contributed by atoms with E-state index in [9.17, 15) is 9.59 Å². The Hall–Kier alpha value is -4.53. The molecule has 4 aromatic heterocycles. The third-order valence-electron chi connectivity index (χ3n) is 6.75. The second-order valence-corrected chi connectivity index (χ2v) is 9.01. The van der Waals surface area contributed by atoms with Crippen molar-refractivity contribution in [1.82, 2.24) is 29.9 Å². The second kappa shape index (κ2) is 9.26. The molecular weight excluding hydrogens is 456 g/mol. The predicted octanol–water partition coefficient (Wildman–Crippen LogP) is 4.21. The summed E-state index contributed by atoms with van der Waals surface area (Å²) in [6.45, 7) is 0. The Balaban J connectivity index is 1.12. The van der Waals surface area contributed by atoms with Gasteiger partial charge in [0.05, 0.1) is 17.3 Å². The number of carbonyl (C=O) groups excluding carboxylic acids is 1. The normalized spacial score (nSPS) is 17.8. The van der Waals surface area contributed by atoms with E-state index in [-0.39, 0.29) is 23.4 Å². The summed E-state index contributed by atoms with van der Waals surface area (Å²) in [7, 11) is 0. The molecule has 2 N–H and O–H groups in total. The average molecular weight is 481 g/mol. The van der Waals surface area contributed by atoms with Crippen molar-refractivity contribution in [2.75, 3.05) is 0 Å². The van der Waals surface area contributed by atoms with Gasteiger partial charge in [-0.15, -0.1) is 0 Å². The molecule has 0 bridgehead atoms. The number of pyridine rings is 2. The van der Waals surface area contributed by atoms with Crippen LogP contribution in [0.15, 0.2) is 78.0 Å². The molecule has 36 heavy (non-hydrogen) atoms. The zero-order chi connectivity index (χ0) is 24.5. The standard InChI is InChI=1S/C27H24N6O3/c34-26-21-6-2-1-5-20(21)25(31-32-26)17-8-10-18(11-9-17)30-27(35)22-16-29-23-15-19(12-14-33(22)23)36-24-7-3-4-13-28-24/h1-7,12-18H,8-11H2,(H,30,35)(H,32,34)/t17-,18-. The third-order valence-corrected chi connectivity index (χ3v) is 6.75. The molecule has 6 rings (SSSR count). The van der Waals surface area contributed by atoms with E-state index in [4.69, 9.17) is 4.74 Å². The number of hydrogen-bond acceptors (Lipinski definition) is 6. The highest BCUT2D eigenvalue weighted by Gasteiger charge is 2.27. The number of amides is 1. The first kappa shape index (κ1) is 22.0. The van der Waals surface area contributed by atoms with E-state index in [1.807, 2.05) is 36.4 Å². The number of aromatic nitrogens is 5. The Bertz CT molecular complexity index is 1600. The number of fused-ring (bicyclic) bond motifs is 2. The average Bonchev–Trinajstić information content (AvgIpc) is 3.34. The van der Waals surface area contributed by atoms with Gasteiger partial charge < -0.3 is 10.1 Å². The van der Waals surface area contributed by atoms with Crippen LogP contribution in [0.3, 0.4) is 0 Å². The molecule has 1 aromatic carbocycles. The predicted molar refractivity (Wildman–Crippen MR) is 134 cm³/mol. The quantitative estimate of drug-likeness (QED) is 0.389. The number of aromatic amines is 1. The van der Waals surface area contributed by atoms with Crippen LogP contribution in [0.25, 0.3) is 16.4 Å². The summed E-state index contributed by atoms with van der Waals surface area (Å²) >= 11 is 0. The van der Waals surface area contributed by atoms with Crippen molar-refractivity contribution in [3.05, 3.63) is 94.9 Å². The Morgan fingerprint density at radius 3 is 2.61 bits per heavy atom. The van der Waals surface area contributed by atoms with Gasteiger partial charge in [-0.1, -0.05) is 24.3 Å². The zero-order valence-electron chi connectivity index (χ0n) is 19.4. The van der Waals surface area contributed by atoms with Crippen molar-refractivity contribution in [2.45, 2.75) is 37.6 Å². The number of nitrogens with zero attached hydrogens (tertiary/aromatic N) is 4. The SMILES string of the molecule is O=C(N[C@H]1CC[C@H](c2n[nH]c(=O)c3ccccc32)CC1)c1cnc2cc(Oc3ccccn3)ccn12. The fourth-order valence-corrected chi connectivity index (χ4v) is 4.94. The second-order valence-electron chi connectivity index (χ2n) is 9.01. The minimum absolute atomic E-state index is 0.0695. The van der Waals surface area contributed by atoms with Crippen molar-refractivity contribution in [1.29, 1.82) is 0 Å². The Labute approximate surface area is 206 Å². The van der Waals surface area contributed by atoms with Crippen LogP contribution in [0.5, 0.6) is 11.6 Å². The molecule has 0 atom stereocenters. The third kappa shape index (κ3) is 4.19. The van der Waals surface area contributed by atoms with Crippen LogP contribution >= 0.6 is 0 Å². The molecule has 9 nitrogen and oxygen atoms in total. The molecule has 180 valence electrons. The lowest BCUT2D eigenvalue weighted by atomic mass is 9.82. The molecule has 0 saturated heterocycles. The first-order valence-electron chi connectivity index (χ1n) is 12.0. The lowest BCUT2D eigenvalue weighted by Crippen LogP contribution is -2.38. The zero-order valence-corrected chi connectivity index (χ0v) is 19.4. The fourth-order valence-electron chi connectivity index (χ4n) is 4.94. The minimum Gasteiger partial charge on any atom is -0.439 e. The number of ether oxygens (including phenoxy) is 1. The Morgan fingerprint density at radius 2 is 1.81 bits per heavy atom. The highest BCUT2D eigenvalue weighted by molar-refractivity contribution is 5.93. The summed E-state index contributed by atoms with van der Waals surface area (Å²) in [5, 5.41) is 11.8. The van der Waals surface area contributed by atoms with E-state index < -0.39 is 0 Å². The van der Waals surface area contributed by atoms with Gasteiger partial charge in [0.25, 0.3) is 11.5 Å². The molecule has 1 fully saturated rings. The van der Waals surface area contributed by atoms with E-state index >= 15 is 0 Å². The smallest absolute Gasteiger partial charge is 0.272 e. The van der Waals surface area contributed by atoms with Gasteiger partial charge in [0.15, 0.2) is 0 Å². The number of H-pyrrole nitrogens is 1. The molecule has 1 saturated carbocycles. The minimum atomic E-state index is -0.168. The van der Waals surface area contributed by atoms with Gasteiger partial charge in [-0.05, 0) is 43.9 Å². The number of benzene rings is 1. The summed E-state index contributed by atoms with van der Waals surface area (Å²) < 4.78 is 7.52. The van der Waals surface area contributed by atoms with Crippen molar-refractivity contribution in [2.24, 2.45) is 0 Å². The highest BCUT2D eigenvalue weighted by Crippen LogP contribution is 2.34. The van der Waals surface area contributed by atoms with Gasteiger partial charge in [-0.2, -0.15) is 5.10 Å². The first-order valence-corrected chi connectivity index (χ1v) is 12.0. The van der Waals surface area contributed by atoms with Crippen LogP contribution in [-0.2, 0) is 0 Å². The van der Waals surface area contributed by atoms with Crippen molar-refractivity contribution >= 4 is 22.3 Å². The van der Waals surface area contributed by atoms with E-state index in [0.29, 0.717) is 28.4 Å². The van der Waals surface area contributed by atoms with Crippen LogP contribution in [0.1, 0.15) is 47.8 Å². The number of hydrogen-bond donors (Lipinski definition) is 2. The van der Waals surface area contributed by atoms with Crippen LogP contribution in [0, 0.1) is 0 Å². The highest BCUT2D eigenvalue weighted by atomic mass is 16.5. The lowest BCUT2D eigenvalue weighted by Gasteiger charge is -2.29. The lowest BCUT2D eigenvalue weighted by molar-refractivity contribution is 0.0919. The summed E-state index contributed by atoms with van der Waals surface area (Å²) in [5.74, 6) is 1.18. The summed E-state index contributed by atoms with van der Waals surface area (Å²) in [4.78, 5) is 33.7. The van der Waals surface area contributed by atoms with E-state index in [1.165, 1.54) is 0 Å². The largest absolute Gasteiger partial charge is 0.439 e. The number of carbonyl (C=O) groups is 1. The van der Waals surface area contributed by atoms with Gasteiger partial charge in [-0.25, -0.2) is 15.1 Å². The number of imidazole rings is 1. The fraction of sp³-hybridized carbons (Fsp3) is 0.222. The molecule has 0 aliphatic heterocycles. The Morgan fingerprint density at radius 1 is 1.00 bits per heavy atom. The monoisotopic (exact) mass is 480 g/mol. The molecule has 1 aliphatic rings. The van der Waals surface area contributed by atoms with Gasteiger partial charge >= 0.3 is 0 Å². The molecule has 5 aromatic rings. The summed E-state index contributed by atoms with van der Waals surface area (Å²) in [5.41, 5.74) is 1.86. The molecule has 0 radical (unpaired) electrons. The van der Waals surface area contributed by atoms with Crippen LogP contribution < -0.4 is 15.6 Å². The maximum atomic E-state index is 13.1. The molecule has 9 heteroatoms. The van der Waals surface area contributed by atoms with Crippen molar-refractivity contribution in [3.63, 3.8) is 0 Å². The van der Waals surface area contributed by atoms with E-state index in [1.54, 1.807) is 41.2 Å². The van der Waals surface area contributed by atoms with Gasteiger partial charge in [0.1, 0.15) is 17.1 Å². The van der Waals surface area contributed by atoms with Gasteiger partial charge in [0.2, 0.25) is 5.88 Å². The van der Waals surface area contributed by atoms with Crippen LogP contribution in [0.2, 0.25) is 0 Å².